The molecule has 3 N–H and O–H groups in total. The van der Waals surface area contributed by atoms with Gasteiger partial charge in [0.15, 0.2) is 0 Å². The van der Waals surface area contributed by atoms with E-state index in [-0.39, 0.29) is 5.54 Å². The smallest absolute Gasteiger partial charge is 0.116 e. The normalized spacial score (nSPS) is 41.2. The quantitative estimate of drug-likeness (QED) is 0.212. The highest BCUT2D eigenvalue weighted by Crippen LogP contribution is 2.72. The minimum atomic E-state index is 0.147. The number of benzene rings is 2. The van der Waals surface area contributed by atoms with E-state index in [9.17, 15) is 5.11 Å². The number of aromatic hydroxyl groups is 1. The molecule has 5 heteroatoms. The second-order valence-electron chi connectivity index (χ2n) is 20.0. The van der Waals surface area contributed by atoms with Crippen LogP contribution in [0.3, 0.4) is 0 Å². The summed E-state index contributed by atoms with van der Waals surface area (Å²) in [4.78, 5) is 0. The molecule has 6 bridgehead atoms. The third kappa shape index (κ3) is 6.87. The van der Waals surface area contributed by atoms with Crippen LogP contribution in [0.5, 0.6) is 5.75 Å². The zero-order valence-electron chi connectivity index (χ0n) is 32.4. The Morgan fingerprint density at radius 3 is 2.60 bits per heavy atom. The summed E-state index contributed by atoms with van der Waals surface area (Å²) in [6.07, 6.45) is 27.3. The Bertz CT molecular complexity index is 1630. The van der Waals surface area contributed by atoms with Gasteiger partial charge in [-0.15, -0.1) is 0 Å². The van der Waals surface area contributed by atoms with Crippen LogP contribution >= 0.6 is 21.6 Å². The van der Waals surface area contributed by atoms with Gasteiger partial charge in [0.2, 0.25) is 0 Å². The average molecular weight is 739 g/mol. The second kappa shape index (κ2) is 14.3. The van der Waals surface area contributed by atoms with Gasteiger partial charge < -0.3 is 15.7 Å². The molecule has 9 rings (SSSR count). The molecule has 10 atom stereocenters. The standard InChI is InChI=1S/C47H66N2OS2/c1-32-9-8-15-47(24-32)30-45(25-39(28-48-3)46(29-45)13-6-7-14-46)26-41-37-19-34-17-33(20-40(50)21-34)18-35-10-4-5-11-36(35)27-49-44(2)16-12-43(52-51-31-44)38(22-37)23-42(41)47/h4-5,8,10-11,15,17,20-21,32,37-39,41-43,48-50H,6-7,9,12-14,16,18-19,22-31H2,1-3H3/t32-,37-,38+,39-,41+,42+,43-,44-,45-,47-/m0/s1. The van der Waals surface area contributed by atoms with Gasteiger partial charge in [0, 0.05) is 23.1 Å². The molecule has 3 spiro atoms. The Morgan fingerprint density at radius 1 is 0.942 bits per heavy atom. The van der Waals surface area contributed by atoms with Crippen LogP contribution in [0.4, 0.5) is 0 Å². The summed E-state index contributed by atoms with van der Waals surface area (Å²) >= 11 is 0. The summed E-state index contributed by atoms with van der Waals surface area (Å²) in [6.45, 7) is 7.19. The van der Waals surface area contributed by atoms with E-state index in [0.717, 1.165) is 54.2 Å². The summed E-state index contributed by atoms with van der Waals surface area (Å²) in [7, 11) is 6.64. The highest BCUT2D eigenvalue weighted by molar-refractivity contribution is 8.77. The fourth-order valence-corrected chi connectivity index (χ4v) is 17.9. The highest BCUT2D eigenvalue weighted by atomic mass is 33.1. The van der Waals surface area contributed by atoms with E-state index >= 15 is 0 Å². The Hall–Kier alpha value is -1.40. The predicted molar refractivity (Wildman–Crippen MR) is 222 cm³/mol. The fraction of sp³-hybridized carbons (Fsp3) is 0.702. The van der Waals surface area contributed by atoms with Gasteiger partial charge in [0.05, 0.1) is 0 Å². The number of hydrogen-bond acceptors (Lipinski definition) is 5. The lowest BCUT2D eigenvalue weighted by Gasteiger charge is -2.61. The predicted octanol–water partition coefficient (Wildman–Crippen LogP) is 11.1. The van der Waals surface area contributed by atoms with E-state index in [2.05, 4.69) is 102 Å². The Kier molecular flexibility index (Phi) is 9.95. The Morgan fingerprint density at radius 2 is 1.77 bits per heavy atom. The molecule has 5 aliphatic carbocycles. The first-order valence-electron chi connectivity index (χ1n) is 21.4. The van der Waals surface area contributed by atoms with Crippen LogP contribution in [0.15, 0.2) is 54.6 Å². The number of phenols is 1. The number of hydrogen-bond donors (Lipinski definition) is 3. The minimum absolute atomic E-state index is 0.147. The van der Waals surface area contributed by atoms with Crippen molar-refractivity contribution in [2.24, 2.45) is 51.8 Å². The number of rotatable bonds is 2. The van der Waals surface area contributed by atoms with Crippen molar-refractivity contribution in [1.82, 2.24) is 10.6 Å². The van der Waals surface area contributed by atoms with E-state index in [1.54, 1.807) is 0 Å². The molecule has 4 saturated carbocycles. The summed E-state index contributed by atoms with van der Waals surface area (Å²) in [6, 6.07) is 15.7. The van der Waals surface area contributed by atoms with Crippen LogP contribution in [0.2, 0.25) is 0 Å². The average Bonchev–Trinajstić information content (AvgIpc) is 3.62. The van der Waals surface area contributed by atoms with Gasteiger partial charge in [-0.05, 0) is 197 Å². The molecule has 0 unspecified atom stereocenters. The first-order chi connectivity index (χ1) is 25.2. The van der Waals surface area contributed by atoms with Crippen molar-refractivity contribution in [2.75, 3.05) is 19.3 Å². The van der Waals surface area contributed by atoms with Crippen molar-refractivity contribution in [1.29, 1.82) is 0 Å². The van der Waals surface area contributed by atoms with Gasteiger partial charge in [0.25, 0.3) is 0 Å². The molecule has 7 aliphatic rings. The monoisotopic (exact) mass is 738 g/mol. The van der Waals surface area contributed by atoms with Gasteiger partial charge in [0.1, 0.15) is 5.75 Å². The molecule has 2 heterocycles. The molecule has 2 aliphatic heterocycles. The molecule has 5 fully saturated rings. The molecule has 0 amide bonds. The van der Waals surface area contributed by atoms with Crippen LogP contribution in [0.25, 0.3) is 0 Å². The summed E-state index contributed by atoms with van der Waals surface area (Å²) < 4.78 is 0. The van der Waals surface area contributed by atoms with Crippen LogP contribution in [0.1, 0.15) is 126 Å². The van der Waals surface area contributed by atoms with E-state index in [4.69, 9.17) is 0 Å². The zero-order valence-corrected chi connectivity index (χ0v) is 34.1. The maximum absolute atomic E-state index is 11.3. The first kappa shape index (κ1) is 36.3. The Balaban J connectivity index is 1.13. The summed E-state index contributed by atoms with van der Waals surface area (Å²) in [5, 5.41) is 19.8. The van der Waals surface area contributed by atoms with E-state index in [1.165, 1.54) is 124 Å². The van der Waals surface area contributed by atoms with Gasteiger partial charge in [-0.25, -0.2) is 0 Å². The summed E-state index contributed by atoms with van der Waals surface area (Å²) in [5.41, 5.74) is 6.98. The number of nitrogens with one attached hydrogen (secondary N) is 2. The molecule has 2 aromatic carbocycles. The lowest BCUT2D eigenvalue weighted by Crippen LogP contribution is -2.53. The van der Waals surface area contributed by atoms with Crippen LogP contribution < -0.4 is 10.6 Å². The summed E-state index contributed by atoms with van der Waals surface area (Å²) in [5.74, 6) is 6.26. The maximum Gasteiger partial charge on any atom is 0.116 e. The fourth-order valence-electron chi connectivity index (χ4n) is 14.3. The molecule has 1 saturated heterocycles. The molecule has 0 radical (unpaired) electrons. The highest BCUT2D eigenvalue weighted by Gasteiger charge is 2.63. The van der Waals surface area contributed by atoms with Crippen molar-refractivity contribution in [3.63, 3.8) is 0 Å². The first-order valence-corrected chi connectivity index (χ1v) is 23.8. The van der Waals surface area contributed by atoms with Crippen molar-refractivity contribution < 1.29 is 5.11 Å². The van der Waals surface area contributed by atoms with Crippen molar-refractivity contribution >= 4 is 21.6 Å². The number of phenolic OH excluding ortho intramolecular Hbond substituents is 1. The van der Waals surface area contributed by atoms with Crippen molar-refractivity contribution in [3.8, 4) is 5.75 Å². The molecule has 52 heavy (non-hydrogen) atoms. The molecule has 2 aromatic rings. The van der Waals surface area contributed by atoms with E-state index in [0.29, 0.717) is 27.9 Å². The van der Waals surface area contributed by atoms with Gasteiger partial charge in [-0.2, -0.15) is 0 Å². The molecular weight excluding hydrogens is 673 g/mol. The molecule has 282 valence electrons. The van der Waals surface area contributed by atoms with Crippen molar-refractivity contribution in [2.45, 2.75) is 134 Å². The van der Waals surface area contributed by atoms with Crippen LogP contribution in [-0.4, -0.2) is 35.2 Å². The van der Waals surface area contributed by atoms with Crippen molar-refractivity contribution in [3.05, 3.63) is 76.9 Å². The maximum atomic E-state index is 11.3. The lowest BCUT2D eigenvalue weighted by molar-refractivity contribution is -0.0872. The zero-order chi connectivity index (χ0) is 35.6. The van der Waals surface area contributed by atoms with Gasteiger partial charge in [-0.3, -0.25) is 0 Å². The lowest BCUT2D eigenvalue weighted by atomic mass is 9.44. The van der Waals surface area contributed by atoms with Crippen LogP contribution in [-0.2, 0) is 19.4 Å². The number of allylic oxidation sites excluding steroid dienone is 2. The van der Waals surface area contributed by atoms with E-state index in [1.807, 2.05) is 6.07 Å². The SMILES string of the molecule is CNC[C@@H]1C[C@]2(C[C@@H]3[C@H]4Cc5cc(O)cc(c5)Cc5ccccc5CN[C@@]5(C)CC[C@H](SSC5)[C@H](C4)C[C@H]3[C@]3(C=CC[C@H](C)C3)C2)CC12CCCC2. The van der Waals surface area contributed by atoms with Gasteiger partial charge >= 0.3 is 0 Å². The van der Waals surface area contributed by atoms with Gasteiger partial charge in [-0.1, -0.05) is 83.8 Å². The third-order valence-electron chi connectivity index (χ3n) is 16.3. The minimum Gasteiger partial charge on any atom is -0.508 e. The third-order valence-corrected chi connectivity index (χ3v) is 19.5. The second-order valence-corrected chi connectivity index (χ2v) is 22.6. The Labute approximate surface area is 323 Å². The molecule has 0 aromatic heterocycles. The number of fused-ring (bicyclic) bond motifs is 12. The molecular formula is C47H66N2OS2. The van der Waals surface area contributed by atoms with Crippen LogP contribution in [0, 0.1) is 51.8 Å². The molecule has 3 nitrogen and oxygen atoms in total. The largest absolute Gasteiger partial charge is 0.508 e. The van der Waals surface area contributed by atoms with E-state index < -0.39 is 0 Å². The topological polar surface area (TPSA) is 44.3 Å².